The number of nitro benzene ring substituents is 1. The van der Waals surface area contributed by atoms with E-state index in [4.69, 9.17) is 9.47 Å². The van der Waals surface area contributed by atoms with E-state index in [1.165, 1.54) is 21.1 Å². The van der Waals surface area contributed by atoms with Gasteiger partial charge in [-0.05, 0) is 19.4 Å². The summed E-state index contributed by atoms with van der Waals surface area (Å²) in [5.74, 6) is -0.223. The van der Waals surface area contributed by atoms with Crippen molar-refractivity contribution in [2.45, 2.75) is 25.2 Å². The molecule has 180 valence electrons. The minimum absolute atomic E-state index is 0.0981. The Bertz CT molecular complexity index is 1160. The standard InChI is InChI=1S/C20H27N5O7S/c1-5-8-22(3)19(26)18-14(2)20(23(4)21-18)32-16-7-6-15(25(27)28)13-17(16)33(29,30)24-9-11-31-12-10-24/h6-7,13H,5,8-12H2,1-4H3. The molecule has 1 aliphatic rings. The Kier molecular flexibility index (Phi) is 7.34. The summed E-state index contributed by atoms with van der Waals surface area (Å²) in [5.41, 5.74) is 0.231. The third-order valence-electron chi connectivity index (χ3n) is 5.26. The van der Waals surface area contributed by atoms with E-state index >= 15 is 0 Å². The molecule has 0 atom stereocenters. The Morgan fingerprint density at radius 1 is 1.33 bits per heavy atom. The first-order chi connectivity index (χ1) is 15.6. The predicted molar refractivity (Wildman–Crippen MR) is 118 cm³/mol. The van der Waals surface area contributed by atoms with Crippen LogP contribution in [0.5, 0.6) is 11.6 Å². The van der Waals surface area contributed by atoms with E-state index in [2.05, 4.69) is 5.10 Å². The Hall–Kier alpha value is -3.03. The molecular weight excluding hydrogens is 454 g/mol. The van der Waals surface area contributed by atoms with Crippen molar-refractivity contribution in [1.29, 1.82) is 0 Å². The molecule has 1 aliphatic heterocycles. The summed E-state index contributed by atoms with van der Waals surface area (Å²) in [5, 5.41) is 15.6. The SMILES string of the molecule is CCCN(C)C(=O)c1nn(C)c(Oc2ccc([N+](=O)[O-])cc2S(=O)(=O)N2CCOCC2)c1C. The van der Waals surface area contributed by atoms with Gasteiger partial charge in [-0.1, -0.05) is 6.92 Å². The van der Waals surface area contributed by atoms with E-state index in [9.17, 15) is 23.3 Å². The predicted octanol–water partition coefficient (Wildman–Crippen LogP) is 1.93. The summed E-state index contributed by atoms with van der Waals surface area (Å²) in [6, 6.07) is 3.38. The van der Waals surface area contributed by atoms with E-state index in [0.717, 1.165) is 12.5 Å². The largest absolute Gasteiger partial charge is 0.438 e. The number of aryl methyl sites for hydroxylation is 1. The summed E-state index contributed by atoms with van der Waals surface area (Å²) in [7, 11) is -0.865. The van der Waals surface area contributed by atoms with Crippen LogP contribution in [-0.2, 0) is 21.8 Å². The molecule has 0 aliphatic carbocycles. The van der Waals surface area contributed by atoms with Crippen molar-refractivity contribution in [3.63, 3.8) is 0 Å². The monoisotopic (exact) mass is 481 g/mol. The van der Waals surface area contributed by atoms with Gasteiger partial charge in [0.15, 0.2) is 5.69 Å². The van der Waals surface area contributed by atoms with Gasteiger partial charge in [-0.15, -0.1) is 0 Å². The number of benzene rings is 1. The topological polar surface area (TPSA) is 137 Å². The lowest BCUT2D eigenvalue weighted by molar-refractivity contribution is -0.385. The second-order valence-corrected chi connectivity index (χ2v) is 9.54. The van der Waals surface area contributed by atoms with Crippen LogP contribution in [0.1, 0.15) is 29.4 Å². The molecule has 2 aromatic rings. The highest BCUT2D eigenvalue weighted by atomic mass is 32.2. The van der Waals surface area contributed by atoms with Gasteiger partial charge in [-0.2, -0.15) is 9.40 Å². The fourth-order valence-electron chi connectivity index (χ4n) is 3.50. The zero-order valence-electron chi connectivity index (χ0n) is 19.0. The minimum Gasteiger partial charge on any atom is -0.438 e. The molecule has 0 radical (unpaired) electrons. The van der Waals surface area contributed by atoms with E-state index < -0.39 is 14.9 Å². The number of sulfonamides is 1. The number of nitrogens with zero attached hydrogens (tertiary/aromatic N) is 5. The molecule has 0 spiro atoms. The molecule has 13 heteroatoms. The first-order valence-electron chi connectivity index (χ1n) is 10.4. The van der Waals surface area contributed by atoms with Crippen molar-refractivity contribution in [1.82, 2.24) is 19.0 Å². The fraction of sp³-hybridized carbons (Fsp3) is 0.500. The first-order valence-corrected chi connectivity index (χ1v) is 11.8. The first kappa shape index (κ1) is 24.6. The molecule has 0 N–H and O–H groups in total. The number of ether oxygens (including phenoxy) is 2. The van der Waals surface area contributed by atoms with Crippen molar-refractivity contribution in [3.8, 4) is 11.6 Å². The van der Waals surface area contributed by atoms with Crippen molar-refractivity contribution >= 4 is 21.6 Å². The van der Waals surface area contributed by atoms with Gasteiger partial charge >= 0.3 is 0 Å². The van der Waals surface area contributed by atoms with Gasteiger partial charge in [0, 0.05) is 51.4 Å². The maximum atomic E-state index is 13.3. The van der Waals surface area contributed by atoms with E-state index in [1.54, 1.807) is 25.9 Å². The summed E-state index contributed by atoms with van der Waals surface area (Å²) in [6.07, 6.45) is 0.781. The molecule has 1 saturated heterocycles. The van der Waals surface area contributed by atoms with E-state index in [0.29, 0.717) is 12.1 Å². The highest BCUT2D eigenvalue weighted by Crippen LogP contribution is 2.35. The maximum absolute atomic E-state index is 13.3. The number of hydrogen-bond donors (Lipinski definition) is 0. The highest BCUT2D eigenvalue weighted by Gasteiger charge is 2.32. The summed E-state index contributed by atoms with van der Waals surface area (Å²) in [6.45, 7) is 4.85. The van der Waals surface area contributed by atoms with Gasteiger partial charge in [0.25, 0.3) is 11.6 Å². The number of carbonyl (C=O) groups excluding carboxylic acids is 1. The second-order valence-electron chi connectivity index (χ2n) is 7.64. The lowest BCUT2D eigenvalue weighted by atomic mass is 10.2. The average Bonchev–Trinajstić information content (AvgIpc) is 3.07. The lowest BCUT2D eigenvalue weighted by Crippen LogP contribution is -2.40. The Morgan fingerprint density at radius 2 is 2.00 bits per heavy atom. The maximum Gasteiger partial charge on any atom is 0.274 e. The average molecular weight is 482 g/mol. The van der Waals surface area contributed by atoms with Crippen LogP contribution in [0.3, 0.4) is 0 Å². The number of hydrogen-bond acceptors (Lipinski definition) is 8. The smallest absolute Gasteiger partial charge is 0.274 e. The minimum atomic E-state index is -4.11. The third-order valence-corrected chi connectivity index (χ3v) is 7.18. The quantitative estimate of drug-likeness (QED) is 0.412. The fourth-order valence-corrected chi connectivity index (χ4v) is 5.05. The van der Waals surface area contributed by atoms with Crippen molar-refractivity contribution < 1.29 is 27.6 Å². The molecule has 1 fully saturated rings. The van der Waals surface area contributed by atoms with Crippen LogP contribution in [0.4, 0.5) is 5.69 Å². The van der Waals surface area contributed by atoms with Crippen molar-refractivity contribution in [2.75, 3.05) is 39.9 Å². The number of nitro groups is 1. The molecule has 1 amide bonds. The zero-order valence-corrected chi connectivity index (χ0v) is 19.8. The molecule has 0 saturated carbocycles. The van der Waals surface area contributed by atoms with Crippen LogP contribution in [0, 0.1) is 17.0 Å². The number of aromatic nitrogens is 2. The zero-order chi connectivity index (χ0) is 24.3. The number of carbonyl (C=O) groups is 1. The lowest BCUT2D eigenvalue weighted by Gasteiger charge is -2.26. The molecule has 0 bridgehead atoms. The van der Waals surface area contributed by atoms with Crippen molar-refractivity contribution in [2.24, 2.45) is 7.05 Å². The van der Waals surface area contributed by atoms with Crippen LogP contribution < -0.4 is 4.74 Å². The number of amides is 1. The Labute approximate surface area is 191 Å². The highest BCUT2D eigenvalue weighted by molar-refractivity contribution is 7.89. The number of morpholine rings is 1. The van der Waals surface area contributed by atoms with Gasteiger partial charge in [0.05, 0.1) is 18.1 Å². The summed E-state index contributed by atoms with van der Waals surface area (Å²) >= 11 is 0. The van der Waals surface area contributed by atoms with Crippen LogP contribution in [-0.4, -0.2) is 78.1 Å². The van der Waals surface area contributed by atoms with Crippen LogP contribution in [0.25, 0.3) is 0 Å². The number of non-ortho nitro benzene ring substituents is 1. The van der Waals surface area contributed by atoms with Gasteiger partial charge < -0.3 is 14.4 Å². The molecule has 1 aromatic carbocycles. The molecule has 1 aromatic heterocycles. The molecule has 0 unspecified atom stereocenters. The van der Waals surface area contributed by atoms with Gasteiger partial charge in [-0.25, -0.2) is 13.1 Å². The van der Waals surface area contributed by atoms with Crippen LogP contribution in [0.2, 0.25) is 0 Å². The van der Waals surface area contributed by atoms with Gasteiger partial charge in [0.1, 0.15) is 10.6 Å². The van der Waals surface area contributed by atoms with Crippen molar-refractivity contribution in [3.05, 3.63) is 39.6 Å². The van der Waals surface area contributed by atoms with E-state index in [1.807, 2.05) is 6.92 Å². The second kappa shape index (κ2) is 9.85. The molecular formula is C20H27N5O7S. The van der Waals surface area contributed by atoms with E-state index in [-0.39, 0.29) is 60.1 Å². The molecule has 12 nitrogen and oxygen atoms in total. The van der Waals surface area contributed by atoms with Crippen LogP contribution in [0.15, 0.2) is 23.1 Å². The van der Waals surface area contributed by atoms with Gasteiger partial charge in [-0.3, -0.25) is 14.9 Å². The van der Waals surface area contributed by atoms with Crippen LogP contribution >= 0.6 is 0 Å². The van der Waals surface area contributed by atoms with Gasteiger partial charge in [0.2, 0.25) is 15.9 Å². The third kappa shape index (κ3) is 4.99. The normalized spacial score (nSPS) is 14.8. The summed E-state index contributed by atoms with van der Waals surface area (Å²) in [4.78, 5) is 24.6. The Morgan fingerprint density at radius 3 is 2.61 bits per heavy atom. The Balaban J connectivity index is 2.04. The molecule has 3 rings (SSSR count). The summed E-state index contributed by atoms with van der Waals surface area (Å²) < 4.78 is 40.3. The number of rotatable bonds is 8. The molecule has 33 heavy (non-hydrogen) atoms. The molecule has 2 heterocycles.